The highest BCUT2D eigenvalue weighted by Gasteiger charge is 2.13. The lowest BCUT2D eigenvalue weighted by Gasteiger charge is -2.11. The summed E-state index contributed by atoms with van der Waals surface area (Å²) in [5, 5.41) is 0. The van der Waals surface area contributed by atoms with Gasteiger partial charge < -0.3 is 9.47 Å². The maximum Gasteiger partial charge on any atom is 0.311 e. The quantitative estimate of drug-likeness (QED) is 0.435. The second kappa shape index (κ2) is 5.90. The molecule has 0 amide bonds. The van der Waals surface area contributed by atoms with Crippen LogP contribution in [-0.4, -0.2) is 18.9 Å². The van der Waals surface area contributed by atoms with Crippen LogP contribution in [0.15, 0.2) is 18.2 Å². The van der Waals surface area contributed by atoms with Crippen molar-refractivity contribution in [1.29, 1.82) is 0 Å². The van der Waals surface area contributed by atoms with Crippen molar-refractivity contribution in [2.75, 3.05) is 6.61 Å². The van der Waals surface area contributed by atoms with Crippen LogP contribution in [0.3, 0.4) is 0 Å². The van der Waals surface area contributed by atoms with E-state index < -0.39 is 5.97 Å². The van der Waals surface area contributed by atoms with E-state index in [0.717, 1.165) is 0 Å². The van der Waals surface area contributed by atoms with Gasteiger partial charge in [-0.2, -0.15) is 0 Å². The van der Waals surface area contributed by atoms with Crippen LogP contribution in [-0.2, 0) is 4.79 Å². The predicted octanol–water partition coefficient (Wildman–Crippen LogP) is 2.21. The van der Waals surface area contributed by atoms with E-state index in [1.807, 2.05) is 6.92 Å². The molecule has 1 aromatic rings. The fourth-order valence-electron chi connectivity index (χ4n) is 1.19. The molecule has 86 valence electrons. The highest BCUT2D eigenvalue weighted by atomic mass is 16.6. The Kier molecular flexibility index (Phi) is 4.51. The third kappa shape index (κ3) is 2.82. The zero-order chi connectivity index (χ0) is 12.0. The lowest BCUT2D eigenvalue weighted by Crippen LogP contribution is -2.09. The van der Waals surface area contributed by atoms with E-state index in [1.165, 1.54) is 0 Å². The molecule has 0 aliphatic rings. The second-order valence-corrected chi connectivity index (χ2v) is 3.05. The summed E-state index contributed by atoms with van der Waals surface area (Å²) in [4.78, 5) is 22.0. The van der Waals surface area contributed by atoms with Gasteiger partial charge in [-0.1, -0.05) is 13.0 Å². The maximum absolute atomic E-state index is 11.2. The number of hydrogen-bond acceptors (Lipinski definition) is 4. The molecule has 0 radical (unpaired) electrons. The number of carbonyl (C=O) groups excluding carboxylic acids is 2. The number of benzene rings is 1. The van der Waals surface area contributed by atoms with E-state index in [0.29, 0.717) is 24.2 Å². The average molecular weight is 222 g/mol. The number of esters is 1. The highest BCUT2D eigenvalue weighted by molar-refractivity contribution is 5.84. The van der Waals surface area contributed by atoms with Gasteiger partial charge in [-0.25, -0.2) is 0 Å². The van der Waals surface area contributed by atoms with Crippen LogP contribution in [0.4, 0.5) is 0 Å². The van der Waals surface area contributed by atoms with Crippen LogP contribution in [0.25, 0.3) is 0 Å². The van der Waals surface area contributed by atoms with Crippen LogP contribution in [0, 0.1) is 0 Å². The Balaban J connectivity index is 3.08. The molecule has 4 nitrogen and oxygen atoms in total. The maximum atomic E-state index is 11.2. The Morgan fingerprint density at radius 2 is 2.12 bits per heavy atom. The lowest BCUT2D eigenvalue weighted by atomic mass is 10.2. The monoisotopic (exact) mass is 222 g/mol. The summed E-state index contributed by atoms with van der Waals surface area (Å²) < 4.78 is 10.4. The third-order valence-electron chi connectivity index (χ3n) is 1.94. The first-order valence-electron chi connectivity index (χ1n) is 5.14. The van der Waals surface area contributed by atoms with Gasteiger partial charge in [-0.3, -0.25) is 9.59 Å². The molecule has 0 saturated carbocycles. The average Bonchev–Trinajstić information content (AvgIpc) is 2.31. The second-order valence-electron chi connectivity index (χ2n) is 3.05. The van der Waals surface area contributed by atoms with Crippen molar-refractivity contribution < 1.29 is 19.1 Å². The first-order valence-corrected chi connectivity index (χ1v) is 5.14. The van der Waals surface area contributed by atoms with Crippen LogP contribution in [0.2, 0.25) is 0 Å². The van der Waals surface area contributed by atoms with Gasteiger partial charge in [0.2, 0.25) is 0 Å². The molecule has 0 bridgehead atoms. The summed E-state index contributed by atoms with van der Waals surface area (Å²) in [6, 6.07) is 4.92. The standard InChI is InChI=1S/C12H14O4/c1-3-11(14)16-12-9(8-13)6-5-7-10(12)15-4-2/h5-8H,3-4H2,1-2H3. The van der Waals surface area contributed by atoms with Crippen LogP contribution >= 0.6 is 0 Å². The normalized spacial score (nSPS) is 9.62. The molecule has 1 aromatic carbocycles. The lowest BCUT2D eigenvalue weighted by molar-refractivity contribution is -0.134. The van der Waals surface area contributed by atoms with Crippen molar-refractivity contribution in [1.82, 2.24) is 0 Å². The van der Waals surface area contributed by atoms with E-state index >= 15 is 0 Å². The number of aldehydes is 1. The molecule has 0 spiro atoms. The minimum absolute atomic E-state index is 0.200. The molecule has 0 aliphatic carbocycles. The third-order valence-corrected chi connectivity index (χ3v) is 1.94. The molecule has 0 saturated heterocycles. The zero-order valence-corrected chi connectivity index (χ0v) is 9.36. The van der Waals surface area contributed by atoms with Gasteiger partial charge in [0.25, 0.3) is 0 Å². The van der Waals surface area contributed by atoms with E-state index in [2.05, 4.69) is 0 Å². The predicted molar refractivity (Wildman–Crippen MR) is 58.9 cm³/mol. The summed E-state index contributed by atoms with van der Waals surface area (Å²) in [6.45, 7) is 3.95. The molecule has 0 aromatic heterocycles. The van der Waals surface area contributed by atoms with E-state index in [9.17, 15) is 9.59 Å². The molecule has 16 heavy (non-hydrogen) atoms. The number of ether oxygens (including phenoxy) is 2. The first-order chi connectivity index (χ1) is 7.72. The van der Waals surface area contributed by atoms with Gasteiger partial charge in [0.1, 0.15) is 0 Å². The molecule has 0 N–H and O–H groups in total. The summed E-state index contributed by atoms with van der Waals surface area (Å²) in [6.07, 6.45) is 0.888. The fraction of sp³-hybridized carbons (Fsp3) is 0.333. The SMILES string of the molecule is CCOc1cccc(C=O)c1OC(=O)CC. The molecular weight excluding hydrogens is 208 g/mol. The number of hydrogen-bond donors (Lipinski definition) is 0. The Hall–Kier alpha value is -1.84. The number of para-hydroxylation sites is 1. The van der Waals surface area contributed by atoms with Gasteiger partial charge >= 0.3 is 5.97 Å². The Morgan fingerprint density at radius 3 is 2.69 bits per heavy atom. The van der Waals surface area contributed by atoms with Gasteiger partial charge in [-0.05, 0) is 19.1 Å². The van der Waals surface area contributed by atoms with Gasteiger partial charge in [0, 0.05) is 6.42 Å². The molecule has 0 heterocycles. The fourth-order valence-corrected chi connectivity index (χ4v) is 1.19. The molecule has 0 atom stereocenters. The Morgan fingerprint density at radius 1 is 1.38 bits per heavy atom. The molecular formula is C12H14O4. The first kappa shape index (κ1) is 12.2. The van der Waals surface area contributed by atoms with Crippen LogP contribution < -0.4 is 9.47 Å². The zero-order valence-electron chi connectivity index (χ0n) is 9.36. The minimum Gasteiger partial charge on any atom is -0.490 e. The van der Waals surface area contributed by atoms with Crippen LogP contribution in [0.5, 0.6) is 11.5 Å². The Bertz CT molecular complexity index is 385. The summed E-state index contributed by atoms with van der Waals surface area (Å²) in [7, 11) is 0. The smallest absolute Gasteiger partial charge is 0.311 e. The van der Waals surface area contributed by atoms with Gasteiger partial charge in [0.15, 0.2) is 17.8 Å². The summed E-state index contributed by atoms with van der Waals surface area (Å²) >= 11 is 0. The Labute approximate surface area is 94.2 Å². The van der Waals surface area contributed by atoms with Crippen molar-refractivity contribution in [2.24, 2.45) is 0 Å². The topological polar surface area (TPSA) is 52.6 Å². The molecule has 1 rings (SSSR count). The summed E-state index contributed by atoms with van der Waals surface area (Å²) in [5.41, 5.74) is 0.313. The molecule has 0 aliphatic heterocycles. The van der Waals surface area contributed by atoms with Crippen molar-refractivity contribution in [3.63, 3.8) is 0 Å². The van der Waals surface area contributed by atoms with Crippen molar-refractivity contribution >= 4 is 12.3 Å². The largest absolute Gasteiger partial charge is 0.490 e. The van der Waals surface area contributed by atoms with E-state index in [-0.39, 0.29) is 12.2 Å². The number of carbonyl (C=O) groups is 2. The van der Waals surface area contributed by atoms with Gasteiger partial charge in [0.05, 0.1) is 12.2 Å². The molecule has 0 fully saturated rings. The summed E-state index contributed by atoms with van der Waals surface area (Å²) in [5.74, 6) is 0.218. The molecule has 0 unspecified atom stereocenters. The van der Waals surface area contributed by atoms with Crippen molar-refractivity contribution in [2.45, 2.75) is 20.3 Å². The van der Waals surface area contributed by atoms with Crippen molar-refractivity contribution in [3.8, 4) is 11.5 Å². The highest BCUT2D eigenvalue weighted by Crippen LogP contribution is 2.30. The minimum atomic E-state index is -0.393. The van der Waals surface area contributed by atoms with Crippen molar-refractivity contribution in [3.05, 3.63) is 23.8 Å². The van der Waals surface area contributed by atoms with Gasteiger partial charge in [-0.15, -0.1) is 0 Å². The number of rotatable bonds is 5. The van der Waals surface area contributed by atoms with E-state index in [4.69, 9.17) is 9.47 Å². The van der Waals surface area contributed by atoms with E-state index in [1.54, 1.807) is 25.1 Å². The molecule has 4 heteroatoms. The van der Waals surface area contributed by atoms with Crippen LogP contribution in [0.1, 0.15) is 30.6 Å².